The third-order valence-corrected chi connectivity index (χ3v) is 11.5. The summed E-state index contributed by atoms with van der Waals surface area (Å²) in [5.41, 5.74) is 3.55. The van der Waals surface area contributed by atoms with Crippen molar-refractivity contribution in [2.75, 3.05) is 24.3 Å². The Morgan fingerprint density at radius 3 is 2.73 bits per heavy atom. The van der Waals surface area contributed by atoms with Crippen LogP contribution in [0.5, 0.6) is 5.75 Å². The number of allylic oxidation sites excluding steroid dienone is 2. The van der Waals surface area contributed by atoms with Gasteiger partial charge in [0, 0.05) is 0 Å². The van der Waals surface area contributed by atoms with E-state index >= 15 is 0 Å². The van der Waals surface area contributed by atoms with Crippen LogP contribution in [0, 0.1) is 0 Å². The van der Waals surface area contributed by atoms with Crippen molar-refractivity contribution < 1.29 is 22.3 Å². The number of ether oxygens (including phenoxy) is 1. The molecule has 10 heteroatoms. The molecule has 0 N–H and O–H groups in total. The monoisotopic (exact) mass is 620 g/mol. The van der Waals surface area contributed by atoms with Gasteiger partial charge in [0.25, 0.3) is 0 Å². The Labute approximate surface area is 231 Å². The van der Waals surface area contributed by atoms with E-state index < -0.39 is 10.1 Å². The quantitative estimate of drug-likeness (QED) is 0.152. The van der Waals surface area contributed by atoms with Gasteiger partial charge in [-0.3, -0.25) is 0 Å². The number of hydrogen-bond acceptors (Lipinski definition) is 7. The van der Waals surface area contributed by atoms with Crippen molar-refractivity contribution in [3.05, 3.63) is 63.0 Å². The predicted octanol–water partition coefficient (Wildman–Crippen LogP) is 4.85. The zero-order valence-electron chi connectivity index (χ0n) is 20.9. The Morgan fingerprint density at radius 2 is 2.00 bits per heavy atom. The summed E-state index contributed by atoms with van der Waals surface area (Å²) in [6.45, 7) is 5.69. The molecule has 0 amide bonds. The Balaban J connectivity index is 1.56. The minimum atomic E-state index is -4.25. The van der Waals surface area contributed by atoms with Gasteiger partial charge in [-0.05, 0) is 0 Å². The summed E-state index contributed by atoms with van der Waals surface area (Å²) in [4.78, 5) is 2.37. The standard InChI is InChI=1S/C27H28N2O4S3Se/c1-4-18(16-26-28(5-2)21-17-19(33-3)7-10-24(21)37-26)15-25-29(12-6-14-36(30,31)32)27-20-11-13-34-22(20)8-9-23(27)35-25/h7-11,13,15-17H,4-6,12,14H2,1-3H3. The summed E-state index contributed by atoms with van der Waals surface area (Å²) in [7, 11) is -2.56. The normalized spacial score (nSPS) is 15.3. The predicted molar refractivity (Wildman–Crippen MR) is 154 cm³/mol. The maximum atomic E-state index is 11.3. The van der Waals surface area contributed by atoms with Crippen LogP contribution in [0.4, 0.5) is 5.69 Å². The van der Waals surface area contributed by atoms with Gasteiger partial charge < -0.3 is 0 Å². The van der Waals surface area contributed by atoms with Gasteiger partial charge in [0.1, 0.15) is 0 Å². The van der Waals surface area contributed by atoms with Gasteiger partial charge >= 0.3 is 233 Å². The van der Waals surface area contributed by atoms with E-state index in [1.54, 1.807) is 29.8 Å². The van der Waals surface area contributed by atoms with Gasteiger partial charge in [-0.1, -0.05) is 0 Å². The molecular weight excluding hydrogens is 591 g/mol. The zero-order valence-corrected chi connectivity index (χ0v) is 25.1. The average Bonchev–Trinajstić information content (AvgIpc) is 3.57. The van der Waals surface area contributed by atoms with Crippen molar-refractivity contribution in [2.24, 2.45) is 0 Å². The van der Waals surface area contributed by atoms with Crippen LogP contribution in [0.2, 0.25) is 0 Å². The summed E-state index contributed by atoms with van der Waals surface area (Å²) in [5, 5.41) is 4.32. The fraction of sp³-hybridized carbons (Fsp3) is 0.296. The number of benzene rings is 2. The molecular formula is C27H28N2O4S3Se. The van der Waals surface area contributed by atoms with Crippen molar-refractivity contribution in [1.82, 2.24) is 0 Å². The molecule has 0 aliphatic carbocycles. The van der Waals surface area contributed by atoms with Crippen LogP contribution in [-0.2, 0) is 16.7 Å². The first-order valence-electron chi connectivity index (χ1n) is 12.1. The second-order valence-electron chi connectivity index (χ2n) is 8.69. The molecule has 0 spiro atoms. The number of aryl methyl sites for hydroxylation is 1. The van der Waals surface area contributed by atoms with Crippen LogP contribution < -0.4 is 18.7 Å². The van der Waals surface area contributed by atoms with Gasteiger partial charge in [-0.15, -0.1) is 0 Å². The van der Waals surface area contributed by atoms with E-state index in [2.05, 4.69) is 71.2 Å². The molecule has 5 rings (SSSR count). The van der Waals surface area contributed by atoms with Crippen LogP contribution in [0.1, 0.15) is 31.7 Å². The molecule has 3 heterocycles. The number of methoxy groups -OCH3 is 1. The van der Waals surface area contributed by atoms with Crippen molar-refractivity contribution >= 4 is 84.3 Å². The number of thiazole rings is 1. The van der Waals surface area contributed by atoms with Gasteiger partial charge in [0.15, 0.2) is 0 Å². The molecule has 0 saturated carbocycles. The molecule has 2 aromatic carbocycles. The molecule has 37 heavy (non-hydrogen) atoms. The van der Waals surface area contributed by atoms with E-state index in [4.69, 9.17) is 4.74 Å². The summed E-state index contributed by atoms with van der Waals surface area (Å²) >= 11 is 3.61. The molecule has 0 radical (unpaired) electrons. The first-order chi connectivity index (χ1) is 17.8. The van der Waals surface area contributed by atoms with E-state index in [1.807, 2.05) is 6.07 Å². The summed E-state index contributed by atoms with van der Waals surface area (Å²) in [5.74, 6) is 0.507. The molecule has 0 atom stereocenters. The van der Waals surface area contributed by atoms with Crippen molar-refractivity contribution in [3.63, 3.8) is 0 Å². The summed E-state index contributed by atoms with van der Waals surface area (Å²) in [6.07, 6.45) is 5.70. The molecule has 4 aromatic rings. The number of hydrogen-bond donors (Lipinski definition) is 0. The molecule has 0 unspecified atom stereocenters. The van der Waals surface area contributed by atoms with Crippen LogP contribution in [0.25, 0.3) is 26.4 Å². The van der Waals surface area contributed by atoms with Crippen LogP contribution in [0.15, 0.2) is 58.0 Å². The fourth-order valence-corrected chi connectivity index (χ4v) is 9.52. The molecule has 0 fully saturated rings. The van der Waals surface area contributed by atoms with E-state index in [1.165, 1.54) is 30.4 Å². The Kier molecular flexibility index (Phi) is 7.77. The molecule has 2 aromatic heterocycles. The molecule has 6 nitrogen and oxygen atoms in total. The number of thiophene rings is 1. The van der Waals surface area contributed by atoms with E-state index in [0.717, 1.165) is 33.9 Å². The number of nitrogens with zero attached hydrogens (tertiary/aromatic N) is 2. The van der Waals surface area contributed by atoms with Crippen LogP contribution in [0.3, 0.4) is 0 Å². The topological polar surface area (TPSA) is 73.5 Å². The Hall–Kier alpha value is -2.20. The number of anilines is 1. The van der Waals surface area contributed by atoms with E-state index in [9.17, 15) is 13.0 Å². The molecule has 1 aliphatic rings. The first-order valence-corrected chi connectivity index (χ1v) is 17.1. The molecule has 194 valence electrons. The summed E-state index contributed by atoms with van der Waals surface area (Å²) < 4.78 is 46.6. The van der Waals surface area contributed by atoms with Gasteiger partial charge in [0.2, 0.25) is 0 Å². The molecule has 1 aliphatic heterocycles. The van der Waals surface area contributed by atoms with Gasteiger partial charge in [-0.25, -0.2) is 0 Å². The minimum absolute atomic E-state index is 0.202. The second-order valence-corrected chi connectivity index (χ2v) is 14.4. The van der Waals surface area contributed by atoms with Gasteiger partial charge in [0.05, 0.1) is 0 Å². The third kappa shape index (κ3) is 5.50. The van der Waals surface area contributed by atoms with E-state index in [0.29, 0.717) is 6.54 Å². The second kappa shape index (κ2) is 10.9. The molecule has 0 bridgehead atoms. The average molecular weight is 620 g/mol. The zero-order chi connectivity index (χ0) is 26.2. The van der Waals surface area contributed by atoms with Gasteiger partial charge in [-0.2, -0.15) is 0 Å². The van der Waals surface area contributed by atoms with Crippen molar-refractivity contribution in [3.8, 4) is 5.75 Å². The fourth-order valence-electron chi connectivity index (χ4n) is 4.58. The Bertz CT molecular complexity index is 1640. The van der Waals surface area contributed by atoms with Crippen LogP contribution >= 0.6 is 22.7 Å². The maximum absolute atomic E-state index is 11.3. The summed E-state index contributed by atoms with van der Waals surface area (Å²) in [6, 6.07) is 12.7. The molecule has 0 saturated heterocycles. The number of rotatable bonds is 9. The number of aromatic nitrogens is 1. The van der Waals surface area contributed by atoms with Crippen molar-refractivity contribution in [2.45, 2.75) is 33.2 Å². The Morgan fingerprint density at radius 1 is 1.19 bits per heavy atom. The SMILES string of the molecule is CCC(/C=C1\[Se]c2ccc(OC)cc2N1CC)=C\c1sc2ccc3sccc3c2[n+]1CCCS(=O)(=O)[O-]. The van der Waals surface area contributed by atoms with Crippen molar-refractivity contribution in [1.29, 1.82) is 0 Å². The number of fused-ring (bicyclic) bond motifs is 4. The van der Waals surface area contributed by atoms with Crippen LogP contribution in [-0.4, -0.2) is 47.3 Å². The first kappa shape index (κ1) is 26.4. The third-order valence-electron chi connectivity index (χ3n) is 6.38. The van der Waals surface area contributed by atoms with E-state index in [-0.39, 0.29) is 27.1 Å².